The zero-order valence-electron chi connectivity index (χ0n) is 19.2. The second kappa shape index (κ2) is 9.05. The van der Waals surface area contributed by atoms with Gasteiger partial charge < -0.3 is 19.9 Å². The van der Waals surface area contributed by atoms with Gasteiger partial charge in [-0.05, 0) is 36.4 Å². The molecule has 1 fully saturated rings. The van der Waals surface area contributed by atoms with E-state index in [9.17, 15) is 14.0 Å². The molecular weight excluding hydrogens is 451 g/mol. The summed E-state index contributed by atoms with van der Waals surface area (Å²) in [4.78, 5) is 33.1. The monoisotopic (exact) mass is 474 g/mol. The van der Waals surface area contributed by atoms with Crippen LogP contribution in [0.5, 0.6) is 5.75 Å². The lowest BCUT2D eigenvalue weighted by molar-refractivity contribution is -0.129. The van der Waals surface area contributed by atoms with E-state index in [1.807, 2.05) is 11.0 Å². The van der Waals surface area contributed by atoms with Crippen LogP contribution in [0.4, 0.5) is 15.9 Å². The Morgan fingerprint density at radius 3 is 2.80 bits per heavy atom. The fraction of sp³-hybridized carbons (Fsp3) is 0.200. The summed E-state index contributed by atoms with van der Waals surface area (Å²) in [5.74, 6) is -0.147. The quantitative estimate of drug-likeness (QED) is 0.460. The lowest BCUT2D eigenvalue weighted by Crippen LogP contribution is -2.48. The van der Waals surface area contributed by atoms with Crippen LogP contribution in [-0.2, 0) is 4.79 Å². The van der Waals surface area contributed by atoms with Crippen molar-refractivity contribution in [1.29, 1.82) is 0 Å². The average Bonchev–Trinajstić information content (AvgIpc) is 3.27. The van der Waals surface area contributed by atoms with Crippen molar-refractivity contribution in [2.75, 3.05) is 44.0 Å². The number of carbonyl (C=O) groups excluding carboxylic acids is 2. The predicted octanol–water partition coefficient (Wildman–Crippen LogP) is 3.30. The van der Waals surface area contributed by atoms with Gasteiger partial charge in [0.05, 0.1) is 36.6 Å². The Kier molecular flexibility index (Phi) is 5.77. The highest BCUT2D eigenvalue weighted by Gasteiger charge is 2.22. The Hall–Kier alpha value is -4.47. The van der Waals surface area contributed by atoms with E-state index in [1.54, 1.807) is 48.3 Å². The maximum Gasteiger partial charge on any atom is 0.256 e. The Balaban J connectivity index is 1.42. The Morgan fingerprint density at radius 1 is 1.17 bits per heavy atom. The van der Waals surface area contributed by atoms with Gasteiger partial charge in [-0.3, -0.25) is 19.7 Å². The number of hydrogen-bond donors (Lipinski definition) is 2. The number of anilines is 2. The molecule has 2 N–H and O–H groups in total. The molecule has 0 spiro atoms. The molecule has 3 heterocycles. The third kappa shape index (κ3) is 4.25. The number of halogens is 1. The van der Waals surface area contributed by atoms with Crippen LogP contribution in [0.15, 0.2) is 54.7 Å². The van der Waals surface area contributed by atoms with Gasteiger partial charge in [-0.25, -0.2) is 4.39 Å². The van der Waals surface area contributed by atoms with Crippen molar-refractivity contribution in [3.63, 3.8) is 0 Å². The number of piperazine rings is 1. The number of nitrogens with zero attached hydrogens (tertiary/aromatic N) is 4. The molecule has 2 amide bonds. The van der Waals surface area contributed by atoms with E-state index in [-0.39, 0.29) is 23.9 Å². The summed E-state index contributed by atoms with van der Waals surface area (Å²) in [6.45, 7) is 1.57. The second-order valence-corrected chi connectivity index (χ2v) is 8.25. The van der Waals surface area contributed by atoms with Gasteiger partial charge in [-0.1, -0.05) is 12.1 Å². The maximum atomic E-state index is 14.6. The standard InChI is InChI=1S/C25H23FN6O3/c1-31-9-10-32(14-22(31)33)16-6-3-5-15(11-16)25(34)28-24-17-12-19(27-13-20(17)29-30-24)23-18(26)7-4-8-21(23)35-2/h3-8,11-13H,9-10,14H2,1-2H3,(H2,28,29,30,34). The number of hydrogen-bond acceptors (Lipinski definition) is 6. The van der Waals surface area contributed by atoms with Gasteiger partial charge in [0.2, 0.25) is 5.91 Å². The highest BCUT2D eigenvalue weighted by atomic mass is 19.1. The zero-order chi connectivity index (χ0) is 24.5. The minimum atomic E-state index is -0.468. The third-order valence-electron chi connectivity index (χ3n) is 6.06. The number of aromatic amines is 1. The van der Waals surface area contributed by atoms with E-state index in [2.05, 4.69) is 20.5 Å². The second-order valence-electron chi connectivity index (χ2n) is 8.25. The first-order valence-electron chi connectivity index (χ1n) is 11.0. The lowest BCUT2D eigenvalue weighted by Gasteiger charge is -2.33. The van der Waals surface area contributed by atoms with Crippen LogP contribution in [0, 0.1) is 5.82 Å². The number of ether oxygens (including phenoxy) is 1. The SMILES string of the molecule is COc1cccc(F)c1-c1cc2c(NC(=O)c3cccc(N4CCN(C)C(=O)C4)c3)n[nH]c2cn1. The first-order chi connectivity index (χ1) is 16.9. The highest BCUT2D eigenvalue weighted by Crippen LogP contribution is 2.33. The van der Waals surface area contributed by atoms with Crippen LogP contribution >= 0.6 is 0 Å². The van der Waals surface area contributed by atoms with E-state index in [1.165, 1.54) is 19.4 Å². The first-order valence-corrected chi connectivity index (χ1v) is 11.0. The largest absolute Gasteiger partial charge is 0.496 e. The van der Waals surface area contributed by atoms with Crippen LogP contribution in [-0.4, -0.2) is 65.7 Å². The summed E-state index contributed by atoms with van der Waals surface area (Å²) >= 11 is 0. The molecule has 2 aromatic heterocycles. The molecule has 1 aliphatic heterocycles. The minimum Gasteiger partial charge on any atom is -0.496 e. The van der Waals surface area contributed by atoms with E-state index in [0.717, 1.165) is 5.69 Å². The molecule has 2 aromatic carbocycles. The molecule has 0 radical (unpaired) electrons. The van der Waals surface area contributed by atoms with Crippen LogP contribution < -0.4 is 15.0 Å². The maximum absolute atomic E-state index is 14.6. The summed E-state index contributed by atoms with van der Waals surface area (Å²) < 4.78 is 19.9. The van der Waals surface area contributed by atoms with Crippen LogP contribution in [0.3, 0.4) is 0 Å². The number of pyridine rings is 1. The normalized spacial score (nSPS) is 13.9. The predicted molar refractivity (Wildman–Crippen MR) is 130 cm³/mol. The highest BCUT2D eigenvalue weighted by molar-refractivity contribution is 6.08. The van der Waals surface area contributed by atoms with Crippen LogP contribution in [0.2, 0.25) is 0 Å². The molecule has 178 valence electrons. The third-order valence-corrected chi connectivity index (χ3v) is 6.06. The fourth-order valence-electron chi connectivity index (χ4n) is 4.07. The van der Waals surface area contributed by atoms with E-state index < -0.39 is 5.82 Å². The summed E-state index contributed by atoms with van der Waals surface area (Å²) in [7, 11) is 3.24. The molecule has 0 unspecified atom stereocenters. The molecule has 5 rings (SSSR count). The topological polar surface area (TPSA) is 103 Å². The molecule has 35 heavy (non-hydrogen) atoms. The van der Waals surface area contributed by atoms with Gasteiger partial charge in [0.25, 0.3) is 5.91 Å². The number of benzene rings is 2. The molecule has 1 saturated heterocycles. The molecule has 0 saturated carbocycles. The number of H-pyrrole nitrogens is 1. The van der Waals surface area contributed by atoms with Crippen molar-refractivity contribution in [2.24, 2.45) is 0 Å². The number of nitrogens with one attached hydrogen (secondary N) is 2. The zero-order valence-corrected chi connectivity index (χ0v) is 19.2. The summed E-state index contributed by atoms with van der Waals surface area (Å²) in [6, 6.07) is 13.3. The number of rotatable bonds is 5. The van der Waals surface area contributed by atoms with E-state index >= 15 is 0 Å². The molecular formula is C25H23FN6O3. The molecule has 4 aromatic rings. The van der Waals surface area contributed by atoms with Crippen LogP contribution in [0.25, 0.3) is 22.2 Å². The summed E-state index contributed by atoms with van der Waals surface area (Å²) in [5, 5.41) is 10.4. The van der Waals surface area contributed by atoms with E-state index in [4.69, 9.17) is 4.74 Å². The van der Waals surface area contributed by atoms with Gasteiger partial charge in [0.1, 0.15) is 11.6 Å². The number of methoxy groups -OCH3 is 1. The average molecular weight is 474 g/mol. The minimum absolute atomic E-state index is 0.0324. The van der Waals surface area contributed by atoms with Crippen molar-refractivity contribution in [2.45, 2.75) is 0 Å². The summed E-state index contributed by atoms with van der Waals surface area (Å²) in [5.41, 5.74) is 2.39. The van der Waals surface area contributed by atoms with Crippen molar-refractivity contribution >= 4 is 34.2 Å². The summed E-state index contributed by atoms with van der Waals surface area (Å²) in [6.07, 6.45) is 1.53. The molecule has 0 atom stereocenters. The molecule has 10 heteroatoms. The Morgan fingerprint density at radius 2 is 2.00 bits per heavy atom. The first kappa shape index (κ1) is 22.3. The smallest absolute Gasteiger partial charge is 0.256 e. The van der Waals surface area contributed by atoms with Crippen LogP contribution in [0.1, 0.15) is 10.4 Å². The van der Waals surface area contributed by atoms with Crippen molar-refractivity contribution < 1.29 is 18.7 Å². The fourth-order valence-corrected chi connectivity index (χ4v) is 4.07. The molecule has 9 nitrogen and oxygen atoms in total. The van der Waals surface area contributed by atoms with Gasteiger partial charge in [0.15, 0.2) is 5.82 Å². The molecule has 0 aliphatic carbocycles. The van der Waals surface area contributed by atoms with Crippen molar-refractivity contribution in [3.05, 3.63) is 66.1 Å². The van der Waals surface area contributed by atoms with Gasteiger partial charge in [-0.15, -0.1) is 0 Å². The Labute approximate surface area is 200 Å². The molecule has 0 bridgehead atoms. The van der Waals surface area contributed by atoms with E-state index in [0.29, 0.717) is 46.8 Å². The number of likely N-dealkylation sites (N-methyl/N-ethyl adjacent to an activating group) is 1. The number of fused-ring (bicyclic) bond motifs is 1. The molecule has 1 aliphatic rings. The number of aromatic nitrogens is 3. The van der Waals surface area contributed by atoms with Crippen molar-refractivity contribution in [1.82, 2.24) is 20.1 Å². The van der Waals surface area contributed by atoms with Gasteiger partial charge in [-0.2, -0.15) is 5.10 Å². The number of amides is 2. The Bertz CT molecular complexity index is 1440. The van der Waals surface area contributed by atoms with Gasteiger partial charge in [0, 0.05) is 36.8 Å². The van der Waals surface area contributed by atoms with Crippen molar-refractivity contribution in [3.8, 4) is 17.0 Å². The lowest BCUT2D eigenvalue weighted by atomic mass is 10.1. The van der Waals surface area contributed by atoms with Gasteiger partial charge >= 0.3 is 0 Å². The number of carbonyl (C=O) groups is 2.